The van der Waals surface area contributed by atoms with Crippen LogP contribution in [0.2, 0.25) is 0 Å². The molecule has 0 radical (unpaired) electrons. The van der Waals surface area contributed by atoms with Crippen molar-refractivity contribution in [3.05, 3.63) is 54.1 Å². The van der Waals surface area contributed by atoms with E-state index in [4.69, 9.17) is 15.2 Å². The average Bonchev–Trinajstić information content (AvgIpc) is 2.86. The Hall–Kier alpha value is -2.69. The number of aliphatic imine (C=N–C) groups is 1. The highest BCUT2D eigenvalue weighted by Crippen LogP contribution is 2.32. The Morgan fingerprint density at radius 2 is 1.80 bits per heavy atom. The summed E-state index contributed by atoms with van der Waals surface area (Å²) in [7, 11) is 0. The fourth-order valence-corrected chi connectivity index (χ4v) is 2.69. The lowest BCUT2D eigenvalue weighted by Crippen LogP contribution is -2.27. The quantitative estimate of drug-likeness (QED) is 0.660. The minimum atomic E-state index is -0.0850. The van der Waals surface area contributed by atoms with Crippen LogP contribution >= 0.6 is 0 Å². The highest BCUT2D eigenvalue weighted by molar-refractivity contribution is 5.92. The molecular weight excluding hydrogens is 314 g/mol. The lowest BCUT2D eigenvalue weighted by Gasteiger charge is -2.23. The Morgan fingerprint density at radius 3 is 2.56 bits per heavy atom. The molecule has 1 heterocycles. The standard InChI is InChI=1S/C20H25N3O2/c1-20(2,15-7-4-3-5-8-15)14-22-19(21)23-16-9-10-17-18(13-16)25-12-6-11-24-17/h3-5,7-10,13H,6,11-12,14H2,1-2H3,(H3,21,22,23). The molecule has 132 valence electrons. The molecule has 3 rings (SSSR count). The number of nitrogens with two attached hydrogens (primary N) is 1. The van der Waals surface area contributed by atoms with Crippen molar-refractivity contribution in [2.75, 3.05) is 25.1 Å². The molecule has 2 aromatic rings. The minimum absolute atomic E-state index is 0.0850. The fourth-order valence-electron chi connectivity index (χ4n) is 2.69. The fraction of sp³-hybridized carbons (Fsp3) is 0.350. The number of nitrogens with zero attached hydrogens (tertiary/aromatic N) is 1. The van der Waals surface area contributed by atoms with E-state index in [-0.39, 0.29) is 5.41 Å². The summed E-state index contributed by atoms with van der Waals surface area (Å²) in [5, 5.41) is 3.13. The first kappa shape index (κ1) is 17.1. The van der Waals surface area contributed by atoms with Crippen molar-refractivity contribution >= 4 is 11.6 Å². The summed E-state index contributed by atoms with van der Waals surface area (Å²) in [6.07, 6.45) is 0.885. The molecule has 1 aliphatic heterocycles. The van der Waals surface area contributed by atoms with Gasteiger partial charge in [-0.2, -0.15) is 0 Å². The number of hydrogen-bond donors (Lipinski definition) is 2. The van der Waals surface area contributed by atoms with Crippen molar-refractivity contribution in [1.29, 1.82) is 0 Å². The van der Waals surface area contributed by atoms with Crippen molar-refractivity contribution < 1.29 is 9.47 Å². The molecule has 0 unspecified atom stereocenters. The highest BCUT2D eigenvalue weighted by Gasteiger charge is 2.20. The second kappa shape index (κ2) is 7.47. The van der Waals surface area contributed by atoms with Gasteiger partial charge in [-0.25, -0.2) is 0 Å². The van der Waals surface area contributed by atoms with Gasteiger partial charge in [-0.05, 0) is 17.7 Å². The lowest BCUT2D eigenvalue weighted by molar-refractivity contribution is 0.297. The van der Waals surface area contributed by atoms with Crippen LogP contribution in [0.25, 0.3) is 0 Å². The number of guanidine groups is 1. The molecular formula is C20H25N3O2. The van der Waals surface area contributed by atoms with E-state index in [0.717, 1.165) is 23.6 Å². The molecule has 0 aliphatic carbocycles. The molecule has 5 nitrogen and oxygen atoms in total. The molecule has 1 aliphatic rings. The second-order valence-corrected chi connectivity index (χ2v) is 6.79. The number of ether oxygens (including phenoxy) is 2. The molecule has 0 aromatic heterocycles. The van der Waals surface area contributed by atoms with Gasteiger partial charge in [0.15, 0.2) is 17.5 Å². The Balaban J connectivity index is 1.66. The average molecular weight is 339 g/mol. The van der Waals surface area contributed by atoms with Crippen LogP contribution < -0.4 is 20.5 Å². The first-order valence-electron chi connectivity index (χ1n) is 8.57. The lowest BCUT2D eigenvalue weighted by atomic mass is 9.85. The number of rotatable bonds is 4. The van der Waals surface area contributed by atoms with Crippen molar-refractivity contribution in [1.82, 2.24) is 0 Å². The molecule has 0 bridgehead atoms. The van der Waals surface area contributed by atoms with Crippen LogP contribution in [-0.4, -0.2) is 25.7 Å². The molecule has 0 atom stereocenters. The first-order valence-corrected chi connectivity index (χ1v) is 8.57. The summed E-state index contributed by atoms with van der Waals surface area (Å²) in [6, 6.07) is 16.0. The molecule has 0 saturated carbocycles. The van der Waals surface area contributed by atoms with E-state index in [9.17, 15) is 0 Å². The summed E-state index contributed by atoms with van der Waals surface area (Å²) in [5.41, 5.74) is 8.05. The van der Waals surface area contributed by atoms with Gasteiger partial charge >= 0.3 is 0 Å². The molecule has 0 fully saturated rings. The van der Waals surface area contributed by atoms with Crippen LogP contribution in [0, 0.1) is 0 Å². The Morgan fingerprint density at radius 1 is 1.08 bits per heavy atom. The van der Waals surface area contributed by atoms with E-state index in [1.807, 2.05) is 36.4 Å². The summed E-state index contributed by atoms with van der Waals surface area (Å²) < 4.78 is 11.3. The highest BCUT2D eigenvalue weighted by atomic mass is 16.5. The number of fused-ring (bicyclic) bond motifs is 1. The predicted octanol–water partition coefficient (Wildman–Crippen LogP) is 3.55. The molecule has 3 N–H and O–H groups in total. The summed E-state index contributed by atoms with van der Waals surface area (Å²) in [4.78, 5) is 4.51. The Bertz CT molecular complexity index is 742. The van der Waals surface area contributed by atoms with E-state index >= 15 is 0 Å². The predicted molar refractivity (Wildman–Crippen MR) is 102 cm³/mol. The zero-order valence-electron chi connectivity index (χ0n) is 14.8. The molecule has 2 aromatic carbocycles. The number of benzene rings is 2. The summed E-state index contributed by atoms with van der Waals surface area (Å²) >= 11 is 0. The van der Waals surface area contributed by atoms with Crippen LogP contribution in [0.4, 0.5) is 5.69 Å². The van der Waals surface area contributed by atoms with E-state index in [1.54, 1.807) is 0 Å². The van der Waals surface area contributed by atoms with Crippen molar-refractivity contribution in [2.24, 2.45) is 10.7 Å². The smallest absolute Gasteiger partial charge is 0.193 e. The Kier molecular flexibility index (Phi) is 5.12. The number of nitrogens with one attached hydrogen (secondary N) is 1. The zero-order chi connectivity index (χ0) is 17.7. The molecule has 25 heavy (non-hydrogen) atoms. The van der Waals surface area contributed by atoms with Gasteiger partial charge in [0.2, 0.25) is 0 Å². The number of anilines is 1. The van der Waals surface area contributed by atoms with E-state index < -0.39 is 0 Å². The van der Waals surface area contributed by atoms with Crippen LogP contribution in [0.15, 0.2) is 53.5 Å². The third-order valence-electron chi connectivity index (χ3n) is 4.22. The molecule has 5 heteroatoms. The van der Waals surface area contributed by atoms with Crippen molar-refractivity contribution in [3.63, 3.8) is 0 Å². The van der Waals surface area contributed by atoms with Gasteiger partial charge in [0.25, 0.3) is 0 Å². The molecule has 0 amide bonds. The van der Waals surface area contributed by atoms with E-state index in [0.29, 0.717) is 25.7 Å². The second-order valence-electron chi connectivity index (χ2n) is 6.79. The first-order chi connectivity index (χ1) is 12.0. The van der Waals surface area contributed by atoms with Crippen LogP contribution in [0.1, 0.15) is 25.8 Å². The summed E-state index contributed by atoms with van der Waals surface area (Å²) in [5.74, 6) is 1.89. The topological polar surface area (TPSA) is 68.9 Å². The maximum atomic E-state index is 6.06. The van der Waals surface area contributed by atoms with Crippen LogP contribution in [0.3, 0.4) is 0 Å². The number of hydrogen-bond acceptors (Lipinski definition) is 3. The van der Waals surface area contributed by atoms with Gasteiger partial charge in [-0.1, -0.05) is 44.2 Å². The minimum Gasteiger partial charge on any atom is -0.490 e. The van der Waals surface area contributed by atoms with Gasteiger partial charge in [0.1, 0.15) is 0 Å². The monoisotopic (exact) mass is 339 g/mol. The van der Waals surface area contributed by atoms with Gasteiger partial charge in [0, 0.05) is 23.6 Å². The maximum absolute atomic E-state index is 6.06. The van der Waals surface area contributed by atoms with E-state index in [2.05, 4.69) is 36.3 Å². The largest absolute Gasteiger partial charge is 0.490 e. The zero-order valence-corrected chi connectivity index (χ0v) is 14.8. The third kappa shape index (κ3) is 4.44. The van der Waals surface area contributed by atoms with Gasteiger partial charge in [-0.15, -0.1) is 0 Å². The van der Waals surface area contributed by atoms with E-state index in [1.165, 1.54) is 5.56 Å². The van der Waals surface area contributed by atoms with Gasteiger partial charge in [0.05, 0.1) is 19.8 Å². The normalized spacial score (nSPS) is 14.7. The third-order valence-corrected chi connectivity index (χ3v) is 4.22. The molecule has 0 saturated heterocycles. The van der Waals surface area contributed by atoms with Crippen molar-refractivity contribution in [2.45, 2.75) is 25.7 Å². The maximum Gasteiger partial charge on any atom is 0.193 e. The SMILES string of the molecule is CC(C)(CN=C(N)Nc1ccc2c(c1)OCCCO2)c1ccccc1. The van der Waals surface area contributed by atoms with Crippen LogP contribution in [-0.2, 0) is 5.41 Å². The van der Waals surface area contributed by atoms with Gasteiger partial charge < -0.3 is 20.5 Å². The van der Waals surface area contributed by atoms with Crippen molar-refractivity contribution in [3.8, 4) is 11.5 Å². The summed E-state index contributed by atoms with van der Waals surface area (Å²) in [6.45, 7) is 6.25. The van der Waals surface area contributed by atoms with Gasteiger partial charge in [-0.3, -0.25) is 4.99 Å². The van der Waals surface area contributed by atoms with Crippen LogP contribution in [0.5, 0.6) is 11.5 Å². The Labute approximate surface area is 148 Å². The molecule has 0 spiro atoms.